The van der Waals surface area contributed by atoms with Crippen molar-refractivity contribution < 1.29 is 18.8 Å². The summed E-state index contributed by atoms with van der Waals surface area (Å²) in [5.74, 6) is -0.634. The summed E-state index contributed by atoms with van der Waals surface area (Å²) in [6.07, 6.45) is 0.513. The van der Waals surface area contributed by atoms with Gasteiger partial charge in [-0.3, -0.25) is 4.79 Å². The summed E-state index contributed by atoms with van der Waals surface area (Å²) < 4.78 is 11.2. The molecule has 0 spiro atoms. The molecular weight excluding hydrogens is 300 g/mol. The molecular formula is C17H16O4S. The van der Waals surface area contributed by atoms with Crippen LogP contribution in [0, 0.1) is 0 Å². The Morgan fingerprint density at radius 1 is 1.27 bits per heavy atom. The zero-order valence-corrected chi connectivity index (χ0v) is 12.7. The largest absolute Gasteiger partial charge is 0.493 e. The number of hydrogen-bond donors (Lipinski definition) is 1. The molecule has 1 aliphatic rings. The van der Waals surface area contributed by atoms with Gasteiger partial charge in [-0.25, -0.2) is 0 Å². The standard InChI is InChI=1S/C17H16O4S/c18-17(19)15-8-9-20-16-10-13(6-7-14(15)16)22-21-11-12-4-2-1-3-5-12/h1-7,10,15H,8-9,11H2,(H,18,19). The Balaban J connectivity index is 1.65. The van der Waals surface area contributed by atoms with Crippen LogP contribution in [0.3, 0.4) is 0 Å². The summed E-state index contributed by atoms with van der Waals surface area (Å²) in [5, 5.41) is 9.24. The molecule has 1 N–H and O–H groups in total. The minimum absolute atomic E-state index is 0.433. The van der Waals surface area contributed by atoms with Gasteiger partial charge >= 0.3 is 5.97 Å². The lowest BCUT2D eigenvalue weighted by Gasteiger charge is -2.23. The van der Waals surface area contributed by atoms with E-state index in [0.717, 1.165) is 16.0 Å². The first-order valence-corrected chi connectivity index (χ1v) is 7.81. The second-order valence-corrected chi connectivity index (χ2v) is 5.93. The van der Waals surface area contributed by atoms with Gasteiger partial charge in [0.05, 0.1) is 19.1 Å². The van der Waals surface area contributed by atoms with Crippen molar-refractivity contribution in [2.24, 2.45) is 0 Å². The molecule has 0 bridgehead atoms. The normalized spacial score (nSPS) is 16.6. The van der Waals surface area contributed by atoms with Gasteiger partial charge in [-0.05, 0) is 24.1 Å². The zero-order valence-electron chi connectivity index (χ0n) is 11.9. The van der Waals surface area contributed by atoms with Crippen LogP contribution in [0.4, 0.5) is 0 Å². The zero-order chi connectivity index (χ0) is 15.4. The molecule has 22 heavy (non-hydrogen) atoms. The van der Waals surface area contributed by atoms with E-state index in [1.807, 2.05) is 48.5 Å². The number of rotatable bonds is 5. The number of ether oxygens (including phenoxy) is 1. The maximum atomic E-state index is 11.2. The van der Waals surface area contributed by atoms with Gasteiger partial charge in [0.25, 0.3) is 0 Å². The van der Waals surface area contributed by atoms with E-state index in [4.69, 9.17) is 8.92 Å². The summed E-state index contributed by atoms with van der Waals surface area (Å²) in [7, 11) is 0. The molecule has 114 valence electrons. The van der Waals surface area contributed by atoms with Crippen molar-refractivity contribution >= 4 is 18.0 Å². The monoisotopic (exact) mass is 316 g/mol. The molecule has 1 unspecified atom stereocenters. The SMILES string of the molecule is O=C(O)C1CCOc2cc(SOCc3ccccc3)ccc21. The molecule has 1 atom stereocenters. The number of benzene rings is 2. The van der Waals surface area contributed by atoms with E-state index in [-0.39, 0.29) is 0 Å². The van der Waals surface area contributed by atoms with E-state index in [1.165, 1.54) is 12.0 Å². The van der Waals surface area contributed by atoms with E-state index in [1.54, 1.807) is 0 Å². The highest BCUT2D eigenvalue weighted by Crippen LogP contribution is 2.37. The Bertz CT molecular complexity index is 657. The van der Waals surface area contributed by atoms with Gasteiger partial charge in [-0.2, -0.15) is 0 Å². The summed E-state index contributed by atoms with van der Waals surface area (Å²) in [6, 6.07) is 15.5. The maximum Gasteiger partial charge on any atom is 0.311 e. The van der Waals surface area contributed by atoms with Crippen molar-refractivity contribution in [1.82, 2.24) is 0 Å². The van der Waals surface area contributed by atoms with Crippen LogP contribution in [-0.4, -0.2) is 17.7 Å². The summed E-state index contributed by atoms with van der Waals surface area (Å²) in [5.41, 5.74) is 1.85. The fourth-order valence-corrected chi connectivity index (χ4v) is 3.03. The highest BCUT2D eigenvalue weighted by Gasteiger charge is 2.27. The first-order valence-electron chi connectivity index (χ1n) is 7.07. The number of fused-ring (bicyclic) bond motifs is 1. The van der Waals surface area contributed by atoms with Crippen molar-refractivity contribution in [3.05, 3.63) is 59.7 Å². The molecule has 4 nitrogen and oxygen atoms in total. The van der Waals surface area contributed by atoms with E-state index < -0.39 is 11.9 Å². The maximum absolute atomic E-state index is 11.2. The molecule has 2 aromatic carbocycles. The van der Waals surface area contributed by atoms with Gasteiger partial charge in [0.2, 0.25) is 0 Å². The highest BCUT2D eigenvalue weighted by molar-refractivity contribution is 7.94. The van der Waals surface area contributed by atoms with Crippen LogP contribution in [0.5, 0.6) is 5.75 Å². The third-order valence-corrected chi connectivity index (χ3v) is 4.23. The smallest absolute Gasteiger partial charge is 0.311 e. The number of carboxylic acid groups (broad SMARTS) is 1. The number of hydrogen-bond acceptors (Lipinski definition) is 4. The minimum atomic E-state index is -0.801. The van der Waals surface area contributed by atoms with Crippen LogP contribution in [-0.2, 0) is 15.6 Å². The minimum Gasteiger partial charge on any atom is -0.493 e. The van der Waals surface area contributed by atoms with E-state index in [9.17, 15) is 9.90 Å². The molecule has 0 saturated carbocycles. The second-order valence-electron chi connectivity index (χ2n) is 5.06. The van der Waals surface area contributed by atoms with Gasteiger partial charge < -0.3 is 14.0 Å². The van der Waals surface area contributed by atoms with Gasteiger partial charge in [0, 0.05) is 22.5 Å². The van der Waals surface area contributed by atoms with Crippen LogP contribution < -0.4 is 4.74 Å². The molecule has 1 heterocycles. The average molecular weight is 316 g/mol. The van der Waals surface area contributed by atoms with Crippen LogP contribution in [0.1, 0.15) is 23.5 Å². The lowest BCUT2D eigenvalue weighted by molar-refractivity contribution is -0.139. The molecule has 1 aliphatic heterocycles. The van der Waals surface area contributed by atoms with E-state index >= 15 is 0 Å². The third kappa shape index (κ3) is 3.43. The van der Waals surface area contributed by atoms with Crippen LogP contribution in [0.25, 0.3) is 0 Å². The molecule has 0 fully saturated rings. The fourth-order valence-electron chi connectivity index (χ4n) is 2.42. The highest BCUT2D eigenvalue weighted by atomic mass is 32.2. The molecule has 3 rings (SSSR count). The fraction of sp³-hybridized carbons (Fsp3) is 0.235. The third-order valence-electron chi connectivity index (χ3n) is 3.55. The molecule has 5 heteroatoms. The van der Waals surface area contributed by atoms with Crippen LogP contribution in [0.2, 0.25) is 0 Å². The summed E-state index contributed by atoms with van der Waals surface area (Å²) >= 11 is 1.27. The van der Waals surface area contributed by atoms with Crippen molar-refractivity contribution in [1.29, 1.82) is 0 Å². The number of carboxylic acids is 1. The Kier molecular flexibility index (Phi) is 4.65. The van der Waals surface area contributed by atoms with Gasteiger partial charge in [0.1, 0.15) is 5.75 Å². The predicted octanol–water partition coefficient (Wildman–Crippen LogP) is 3.86. The van der Waals surface area contributed by atoms with Crippen molar-refractivity contribution in [3.63, 3.8) is 0 Å². The van der Waals surface area contributed by atoms with Crippen molar-refractivity contribution in [2.45, 2.75) is 23.8 Å². The quantitative estimate of drug-likeness (QED) is 0.849. The van der Waals surface area contributed by atoms with Gasteiger partial charge in [0.15, 0.2) is 0 Å². The molecule has 0 amide bonds. The Labute approximate surface area is 133 Å². The van der Waals surface area contributed by atoms with Gasteiger partial charge in [-0.15, -0.1) is 0 Å². The number of aliphatic carboxylic acids is 1. The number of carbonyl (C=O) groups is 1. The summed E-state index contributed by atoms with van der Waals surface area (Å²) in [6.45, 7) is 0.949. The molecule has 0 radical (unpaired) electrons. The van der Waals surface area contributed by atoms with E-state index in [0.29, 0.717) is 25.4 Å². The van der Waals surface area contributed by atoms with Crippen molar-refractivity contribution in [2.75, 3.05) is 6.61 Å². The summed E-state index contributed by atoms with van der Waals surface area (Å²) in [4.78, 5) is 12.1. The van der Waals surface area contributed by atoms with E-state index in [2.05, 4.69) is 0 Å². The first kappa shape index (κ1) is 14.9. The Hall–Kier alpha value is -1.98. The van der Waals surface area contributed by atoms with Crippen LogP contribution in [0.15, 0.2) is 53.4 Å². The first-order chi connectivity index (χ1) is 10.7. The van der Waals surface area contributed by atoms with Crippen LogP contribution >= 0.6 is 12.0 Å². The lowest BCUT2D eigenvalue weighted by atomic mass is 9.93. The second kappa shape index (κ2) is 6.85. The van der Waals surface area contributed by atoms with Gasteiger partial charge in [-0.1, -0.05) is 36.4 Å². The average Bonchev–Trinajstić information content (AvgIpc) is 2.55. The lowest BCUT2D eigenvalue weighted by Crippen LogP contribution is -2.20. The topological polar surface area (TPSA) is 55.8 Å². The van der Waals surface area contributed by atoms with Crippen molar-refractivity contribution in [3.8, 4) is 5.75 Å². The molecule has 0 aromatic heterocycles. The molecule has 2 aromatic rings. The molecule has 0 aliphatic carbocycles. The Morgan fingerprint density at radius 3 is 2.86 bits per heavy atom. The molecule has 0 saturated heterocycles. The Morgan fingerprint density at radius 2 is 2.09 bits per heavy atom. The predicted molar refractivity (Wildman–Crippen MR) is 84.0 cm³/mol.